The van der Waals surface area contributed by atoms with E-state index < -0.39 is 16.2 Å². The average Bonchev–Trinajstić information content (AvgIpc) is 2.97. The number of nitrogens with zero attached hydrogens (tertiary/aromatic N) is 2. The highest BCUT2D eigenvalue weighted by Gasteiger charge is 2.16. The minimum Gasteiger partial charge on any atom is -0.335 e. The van der Waals surface area contributed by atoms with E-state index in [1.165, 1.54) is 10.5 Å². The second-order valence-corrected chi connectivity index (χ2v) is 7.55. The first kappa shape index (κ1) is 17.1. The topological polar surface area (TPSA) is 61.2 Å². The first-order valence-electron chi connectivity index (χ1n) is 6.93. The summed E-state index contributed by atoms with van der Waals surface area (Å²) in [6, 6.07) is 8.28. The predicted octanol–water partition coefficient (Wildman–Crippen LogP) is 2.58. The second kappa shape index (κ2) is 7.80. The molecule has 0 N–H and O–H groups in total. The van der Waals surface area contributed by atoms with Crippen LogP contribution in [0.4, 0.5) is 0 Å². The third kappa shape index (κ3) is 5.82. The van der Waals surface area contributed by atoms with Crippen molar-refractivity contribution in [2.24, 2.45) is 0 Å². The quantitative estimate of drug-likeness (QED) is 0.546. The monoisotopic (exact) mass is 340 g/mol. The number of hydrogen-bond donors (Lipinski definition) is 0. The summed E-state index contributed by atoms with van der Waals surface area (Å²) in [5.74, 6) is 0. The lowest BCUT2D eigenvalue weighted by molar-refractivity contribution is 0.179. The van der Waals surface area contributed by atoms with Crippen LogP contribution in [0.5, 0.6) is 0 Å². The average molecular weight is 340 g/mol. The van der Waals surface area contributed by atoms with Crippen molar-refractivity contribution in [1.29, 1.82) is 0 Å². The third-order valence-electron chi connectivity index (χ3n) is 3.20. The molecule has 1 unspecified atom stereocenters. The van der Waals surface area contributed by atoms with Gasteiger partial charge in [0.15, 0.2) is 0 Å². The fraction of sp³-hybridized carbons (Fsp3) is 0.400. The fourth-order valence-electron chi connectivity index (χ4n) is 2.17. The Morgan fingerprint density at radius 1 is 1.32 bits per heavy atom. The molecule has 0 radical (unpaired) electrons. The van der Waals surface area contributed by atoms with Gasteiger partial charge in [0.25, 0.3) is 10.1 Å². The zero-order chi connectivity index (χ0) is 16.0. The number of aromatic nitrogens is 2. The number of thioether (sulfide) groups is 1. The van der Waals surface area contributed by atoms with Crippen LogP contribution in [0.25, 0.3) is 0 Å². The molecule has 0 aliphatic heterocycles. The molecule has 0 aliphatic rings. The van der Waals surface area contributed by atoms with Crippen LogP contribution in [0.3, 0.4) is 0 Å². The number of aryl methyl sites for hydroxylation is 1. The van der Waals surface area contributed by atoms with E-state index in [0.717, 1.165) is 12.7 Å². The molecule has 1 aromatic heterocycles. The molecule has 0 saturated heterocycles. The summed E-state index contributed by atoms with van der Waals surface area (Å²) in [5.41, 5.74) is 1.17. The van der Waals surface area contributed by atoms with Gasteiger partial charge in [0.05, 0.1) is 25.2 Å². The minimum atomic E-state index is -3.48. The molecule has 1 atom stereocenters. The van der Waals surface area contributed by atoms with E-state index in [4.69, 9.17) is 4.18 Å². The number of benzene rings is 1. The summed E-state index contributed by atoms with van der Waals surface area (Å²) >= 11 is 1.70. The molecular formula is C15H20N2O3S2. The van der Waals surface area contributed by atoms with Gasteiger partial charge in [-0.15, -0.1) is 11.8 Å². The van der Waals surface area contributed by atoms with E-state index in [1.54, 1.807) is 30.5 Å². The van der Waals surface area contributed by atoms with Gasteiger partial charge in [0, 0.05) is 17.3 Å². The van der Waals surface area contributed by atoms with Crippen LogP contribution >= 0.6 is 11.8 Å². The molecule has 5 nitrogen and oxygen atoms in total. The molecule has 0 bridgehead atoms. The second-order valence-electron chi connectivity index (χ2n) is 5.07. The number of rotatable bonds is 8. The Balaban J connectivity index is 1.98. The van der Waals surface area contributed by atoms with Gasteiger partial charge in [-0.3, -0.25) is 4.18 Å². The highest BCUT2D eigenvalue weighted by Crippen LogP contribution is 2.17. The highest BCUT2D eigenvalue weighted by atomic mass is 32.2. The first-order chi connectivity index (χ1) is 10.5. The van der Waals surface area contributed by atoms with Crippen molar-refractivity contribution in [3.63, 3.8) is 0 Å². The van der Waals surface area contributed by atoms with Gasteiger partial charge in [0.1, 0.15) is 0 Å². The lowest BCUT2D eigenvalue weighted by atomic mass is 10.1. The summed E-state index contributed by atoms with van der Waals surface area (Å²) in [5, 5.41) is 0. The Labute approximate surface area is 135 Å². The van der Waals surface area contributed by atoms with E-state index in [0.29, 0.717) is 13.0 Å². The van der Waals surface area contributed by atoms with Gasteiger partial charge in [-0.1, -0.05) is 12.1 Å². The van der Waals surface area contributed by atoms with Crippen molar-refractivity contribution in [2.45, 2.75) is 30.4 Å². The zero-order valence-electron chi connectivity index (χ0n) is 12.7. The van der Waals surface area contributed by atoms with Gasteiger partial charge in [-0.05, 0) is 36.8 Å². The van der Waals surface area contributed by atoms with Crippen molar-refractivity contribution in [2.75, 3.05) is 12.5 Å². The van der Waals surface area contributed by atoms with Crippen molar-refractivity contribution < 1.29 is 12.6 Å². The Morgan fingerprint density at radius 2 is 2.05 bits per heavy atom. The third-order valence-corrected chi connectivity index (χ3v) is 4.56. The first-order valence-corrected chi connectivity index (χ1v) is 9.97. The summed E-state index contributed by atoms with van der Waals surface area (Å²) in [6.07, 6.45) is 9.24. The van der Waals surface area contributed by atoms with Gasteiger partial charge in [-0.2, -0.15) is 8.42 Å². The summed E-state index contributed by atoms with van der Waals surface area (Å²) in [4.78, 5) is 5.18. The Bertz CT molecular complexity index is 667. The molecule has 22 heavy (non-hydrogen) atoms. The molecule has 0 saturated carbocycles. The maximum absolute atomic E-state index is 11.4. The Hall–Kier alpha value is -1.31. The van der Waals surface area contributed by atoms with Crippen LogP contribution in [-0.4, -0.2) is 36.6 Å². The molecule has 1 heterocycles. The van der Waals surface area contributed by atoms with Gasteiger partial charge < -0.3 is 4.57 Å². The van der Waals surface area contributed by atoms with Crippen LogP contribution in [0, 0.1) is 0 Å². The number of hydrogen-bond acceptors (Lipinski definition) is 5. The van der Waals surface area contributed by atoms with Crippen LogP contribution in [0.15, 0.2) is 47.9 Å². The maximum Gasteiger partial charge on any atom is 0.264 e. The number of imidazole rings is 1. The maximum atomic E-state index is 11.4. The minimum absolute atomic E-state index is 0.399. The molecule has 0 amide bonds. The highest BCUT2D eigenvalue weighted by molar-refractivity contribution is 7.98. The summed E-state index contributed by atoms with van der Waals surface area (Å²) < 4.78 is 29.9. The van der Waals surface area contributed by atoms with E-state index in [2.05, 4.69) is 29.2 Å². The largest absolute Gasteiger partial charge is 0.335 e. The molecule has 0 spiro atoms. The fourth-order valence-corrected chi connectivity index (χ4v) is 3.23. The predicted molar refractivity (Wildman–Crippen MR) is 88.5 cm³/mol. The Morgan fingerprint density at radius 3 is 2.59 bits per heavy atom. The SMILES string of the molecule is CSc1ccc(CCC(Cn2ccnc2)OS(C)(=O)=O)cc1. The van der Waals surface area contributed by atoms with Crippen molar-refractivity contribution in [1.82, 2.24) is 9.55 Å². The zero-order valence-corrected chi connectivity index (χ0v) is 14.3. The molecule has 0 aliphatic carbocycles. The van der Waals surface area contributed by atoms with Gasteiger partial charge in [0.2, 0.25) is 0 Å². The normalized spacial score (nSPS) is 13.2. The molecule has 2 aromatic rings. The van der Waals surface area contributed by atoms with Crippen LogP contribution in [0.1, 0.15) is 12.0 Å². The standard InChI is InChI=1S/C15H20N2O3S2/c1-21-15-7-4-13(5-8-15)3-6-14(20-22(2,18)19)11-17-10-9-16-12-17/h4-5,7-10,12,14H,3,6,11H2,1-2H3. The molecular weight excluding hydrogens is 320 g/mol. The molecule has 0 fully saturated rings. The van der Waals surface area contributed by atoms with Crippen LogP contribution < -0.4 is 0 Å². The van der Waals surface area contributed by atoms with Crippen LogP contribution in [0.2, 0.25) is 0 Å². The van der Waals surface area contributed by atoms with E-state index in [1.807, 2.05) is 10.8 Å². The van der Waals surface area contributed by atoms with Crippen molar-refractivity contribution in [3.05, 3.63) is 48.5 Å². The van der Waals surface area contributed by atoms with Gasteiger partial charge >= 0.3 is 0 Å². The summed E-state index contributed by atoms with van der Waals surface area (Å²) in [7, 11) is -3.48. The van der Waals surface area contributed by atoms with E-state index in [9.17, 15) is 8.42 Å². The summed E-state index contributed by atoms with van der Waals surface area (Å²) in [6.45, 7) is 0.468. The van der Waals surface area contributed by atoms with E-state index in [-0.39, 0.29) is 0 Å². The molecule has 1 aromatic carbocycles. The molecule has 7 heteroatoms. The molecule has 120 valence electrons. The molecule has 2 rings (SSSR count). The Kier molecular flexibility index (Phi) is 6.05. The van der Waals surface area contributed by atoms with E-state index >= 15 is 0 Å². The lowest BCUT2D eigenvalue weighted by Crippen LogP contribution is -2.23. The van der Waals surface area contributed by atoms with Crippen LogP contribution in [-0.2, 0) is 27.3 Å². The lowest BCUT2D eigenvalue weighted by Gasteiger charge is -2.17. The van der Waals surface area contributed by atoms with Crippen molar-refractivity contribution in [3.8, 4) is 0 Å². The van der Waals surface area contributed by atoms with Crippen molar-refractivity contribution >= 4 is 21.9 Å². The smallest absolute Gasteiger partial charge is 0.264 e. The van der Waals surface area contributed by atoms with Gasteiger partial charge in [-0.25, -0.2) is 4.98 Å².